The average molecular weight is 433 g/mol. The van der Waals surface area contributed by atoms with Crippen molar-refractivity contribution < 1.29 is 30.7 Å². The van der Waals surface area contributed by atoms with Crippen molar-refractivity contribution in [2.45, 2.75) is 31.1 Å². The standard InChI is InChI=1S/C16H15F4N5O3S/c1-7-9(5-12(17)18)15(28-2)24-16(22-7)25-29(26,27)11-6-21-14-8(11)3-4-10(23-14)13(19)20/h3-4,6,12-13H,5H2,1-2H3,(H,21,23)(H,22,24,25). The Labute approximate surface area is 162 Å². The number of alkyl halides is 4. The minimum atomic E-state index is -4.24. The van der Waals surface area contributed by atoms with Crippen LogP contribution in [0.1, 0.15) is 23.4 Å². The summed E-state index contributed by atoms with van der Waals surface area (Å²) in [5.74, 6) is -0.568. The van der Waals surface area contributed by atoms with Crippen LogP contribution in [-0.2, 0) is 16.4 Å². The number of aryl methyl sites for hydroxylation is 1. The van der Waals surface area contributed by atoms with Gasteiger partial charge in [0.1, 0.15) is 16.2 Å². The zero-order chi connectivity index (χ0) is 21.3. The SMILES string of the molecule is COc1nc(NS(=O)(=O)c2c[nH]c3nc(C(F)F)ccc23)nc(C)c1CC(F)F. The van der Waals surface area contributed by atoms with Gasteiger partial charge in [-0.15, -0.1) is 0 Å². The van der Waals surface area contributed by atoms with Gasteiger partial charge in [0.25, 0.3) is 16.4 Å². The second-order valence-corrected chi connectivity index (χ2v) is 7.56. The summed E-state index contributed by atoms with van der Waals surface area (Å²) in [5.41, 5.74) is -0.363. The fourth-order valence-electron chi connectivity index (χ4n) is 2.69. The molecule has 3 aromatic rings. The highest BCUT2D eigenvalue weighted by molar-refractivity contribution is 7.93. The molecule has 0 spiro atoms. The van der Waals surface area contributed by atoms with Crippen LogP contribution in [-0.4, -0.2) is 41.9 Å². The molecular weight excluding hydrogens is 418 g/mol. The maximum absolute atomic E-state index is 12.8. The molecule has 0 aromatic carbocycles. The lowest BCUT2D eigenvalue weighted by molar-refractivity contribution is 0.146. The van der Waals surface area contributed by atoms with Crippen molar-refractivity contribution in [2.75, 3.05) is 11.8 Å². The molecule has 0 saturated heterocycles. The van der Waals surface area contributed by atoms with Crippen molar-refractivity contribution >= 4 is 27.0 Å². The highest BCUT2D eigenvalue weighted by Crippen LogP contribution is 2.28. The largest absolute Gasteiger partial charge is 0.481 e. The maximum Gasteiger partial charge on any atom is 0.280 e. The number of rotatable bonds is 7. The number of nitrogens with zero attached hydrogens (tertiary/aromatic N) is 3. The highest BCUT2D eigenvalue weighted by Gasteiger charge is 2.24. The number of ether oxygens (including phenoxy) is 1. The van der Waals surface area contributed by atoms with E-state index in [1.54, 1.807) is 0 Å². The fourth-order valence-corrected chi connectivity index (χ4v) is 3.80. The molecule has 0 bridgehead atoms. The highest BCUT2D eigenvalue weighted by atomic mass is 32.2. The Bertz CT molecular complexity index is 1150. The van der Waals surface area contributed by atoms with Gasteiger partial charge in [0.05, 0.1) is 12.8 Å². The number of aromatic amines is 1. The summed E-state index contributed by atoms with van der Waals surface area (Å²) in [7, 11) is -3.04. The molecule has 3 heterocycles. The molecule has 13 heteroatoms. The number of nitrogens with one attached hydrogen (secondary N) is 2. The molecule has 29 heavy (non-hydrogen) atoms. The molecule has 0 fully saturated rings. The fraction of sp³-hybridized carbons (Fsp3) is 0.312. The van der Waals surface area contributed by atoms with Gasteiger partial charge >= 0.3 is 0 Å². The van der Waals surface area contributed by atoms with Crippen LogP contribution in [0.25, 0.3) is 11.0 Å². The quantitative estimate of drug-likeness (QED) is 0.554. The monoisotopic (exact) mass is 433 g/mol. The predicted molar refractivity (Wildman–Crippen MR) is 94.9 cm³/mol. The normalized spacial score (nSPS) is 12.1. The van der Waals surface area contributed by atoms with Gasteiger partial charge in [-0.25, -0.2) is 40.7 Å². The van der Waals surface area contributed by atoms with E-state index in [9.17, 15) is 26.0 Å². The molecule has 0 radical (unpaired) electrons. The second-order valence-electron chi connectivity index (χ2n) is 5.91. The van der Waals surface area contributed by atoms with E-state index in [0.29, 0.717) is 0 Å². The Balaban J connectivity index is 1.97. The molecule has 0 unspecified atom stereocenters. The molecular formula is C16H15F4N5O3S. The molecule has 0 atom stereocenters. The van der Waals surface area contributed by atoms with Crippen molar-refractivity contribution in [3.8, 4) is 5.88 Å². The van der Waals surface area contributed by atoms with Gasteiger partial charge in [0, 0.05) is 23.6 Å². The first-order chi connectivity index (χ1) is 13.6. The third kappa shape index (κ3) is 4.23. The maximum atomic E-state index is 12.8. The summed E-state index contributed by atoms with van der Waals surface area (Å²) in [6.45, 7) is 1.42. The third-order valence-corrected chi connectivity index (χ3v) is 5.36. The number of sulfonamides is 1. The van der Waals surface area contributed by atoms with Crippen molar-refractivity contribution in [3.05, 3.63) is 35.3 Å². The summed E-state index contributed by atoms with van der Waals surface area (Å²) in [5, 5.41) is 0.0832. The van der Waals surface area contributed by atoms with E-state index in [2.05, 4.69) is 24.7 Å². The lowest BCUT2D eigenvalue weighted by atomic mass is 10.2. The molecule has 156 valence electrons. The second kappa shape index (κ2) is 7.81. The van der Waals surface area contributed by atoms with E-state index in [-0.39, 0.29) is 39.0 Å². The summed E-state index contributed by atoms with van der Waals surface area (Å²) < 4.78 is 83.5. The molecule has 3 rings (SSSR count). The number of hydrogen-bond donors (Lipinski definition) is 2. The molecule has 0 aliphatic rings. The number of methoxy groups -OCH3 is 1. The van der Waals surface area contributed by atoms with Crippen LogP contribution in [0.5, 0.6) is 5.88 Å². The molecule has 0 saturated carbocycles. The van der Waals surface area contributed by atoms with E-state index in [1.807, 2.05) is 0 Å². The van der Waals surface area contributed by atoms with Crippen LogP contribution in [0.2, 0.25) is 0 Å². The average Bonchev–Trinajstić information content (AvgIpc) is 3.07. The van der Waals surface area contributed by atoms with Crippen molar-refractivity contribution in [2.24, 2.45) is 0 Å². The lowest BCUT2D eigenvalue weighted by Crippen LogP contribution is -2.17. The van der Waals surface area contributed by atoms with Gasteiger partial charge in [-0.1, -0.05) is 0 Å². The molecule has 0 amide bonds. The van der Waals surface area contributed by atoms with E-state index in [0.717, 1.165) is 12.3 Å². The minimum Gasteiger partial charge on any atom is -0.481 e. The van der Waals surface area contributed by atoms with E-state index in [4.69, 9.17) is 4.74 Å². The summed E-state index contributed by atoms with van der Waals surface area (Å²) >= 11 is 0. The van der Waals surface area contributed by atoms with Crippen molar-refractivity contribution in [3.63, 3.8) is 0 Å². The zero-order valence-corrected chi connectivity index (χ0v) is 15.9. The molecule has 0 aliphatic carbocycles. The van der Waals surface area contributed by atoms with Crippen LogP contribution in [0.4, 0.5) is 23.5 Å². The predicted octanol–water partition coefficient (Wildman–Crippen LogP) is 3.22. The van der Waals surface area contributed by atoms with Crippen LogP contribution < -0.4 is 9.46 Å². The Morgan fingerprint density at radius 3 is 2.52 bits per heavy atom. The van der Waals surface area contributed by atoms with Crippen LogP contribution in [0, 0.1) is 6.92 Å². The first-order valence-corrected chi connectivity index (χ1v) is 9.59. The van der Waals surface area contributed by atoms with Gasteiger partial charge in [0.15, 0.2) is 0 Å². The van der Waals surface area contributed by atoms with Crippen LogP contribution >= 0.6 is 0 Å². The first-order valence-electron chi connectivity index (χ1n) is 8.11. The third-order valence-electron chi connectivity index (χ3n) is 3.99. The van der Waals surface area contributed by atoms with Crippen molar-refractivity contribution in [1.82, 2.24) is 19.9 Å². The summed E-state index contributed by atoms with van der Waals surface area (Å²) in [6.07, 6.45) is -5.03. The molecule has 8 nitrogen and oxygen atoms in total. The number of H-pyrrole nitrogens is 1. The van der Waals surface area contributed by atoms with Crippen molar-refractivity contribution in [1.29, 1.82) is 0 Å². The van der Waals surface area contributed by atoms with Crippen LogP contribution in [0.15, 0.2) is 23.2 Å². The van der Waals surface area contributed by atoms with Crippen LogP contribution in [0.3, 0.4) is 0 Å². The summed E-state index contributed by atoms with van der Waals surface area (Å²) in [4.78, 5) is 13.7. The Morgan fingerprint density at radius 1 is 1.17 bits per heavy atom. The van der Waals surface area contributed by atoms with E-state index >= 15 is 0 Å². The Morgan fingerprint density at radius 2 is 1.90 bits per heavy atom. The minimum absolute atomic E-state index is 0.0369. The number of aromatic nitrogens is 4. The smallest absolute Gasteiger partial charge is 0.280 e. The topological polar surface area (TPSA) is 110 Å². The first kappa shape index (κ1) is 20.8. The van der Waals surface area contributed by atoms with E-state index in [1.165, 1.54) is 20.1 Å². The molecule has 3 aromatic heterocycles. The van der Waals surface area contributed by atoms with E-state index < -0.39 is 35.0 Å². The Hall–Kier alpha value is -2.96. The van der Waals surface area contributed by atoms with Gasteiger partial charge in [-0.3, -0.25) is 0 Å². The number of anilines is 1. The lowest BCUT2D eigenvalue weighted by Gasteiger charge is -2.13. The summed E-state index contributed by atoms with van der Waals surface area (Å²) in [6, 6.07) is 2.22. The van der Waals surface area contributed by atoms with Gasteiger partial charge in [-0.2, -0.15) is 4.98 Å². The number of hydrogen-bond acceptors (Lipinski definition) is 6. The van der Waals surface area contributed by atoms with Gasteiger partial charge in [0.2, 0.25) is 18.3 Å². The zero-order valence-electron chi connectivity index (χ0n) is 15.1. The number of halogens is 4. The Kier molecular flexibility index (Phi) is 5.59. The van der Waals surface area contributed by atoms with Gasteiger partial charge in [-0.05, 0) is 19.1 Å². The van der Waals surface area contributed by atoms with Gasteiger partial charge < -0.3 is 9.72 Å². The number of pyridine rings is 1. The molecule has 2 N–H and O–H groups in total. The molecule has 0 aliphatic heterocycles. The number of fused-ring (bicyclic) bond motifs is 1.